The maximum absolute atomic E-state index is 4.38. The average molecular weight is 1340 g/mol. The summed E-state index contributed by atoms with van der Waals surface area (Å²) < 4.78 is 2.81. The first-order chi connectivity index (χ1) is 48.7. The summed E-state index contributed by atoms with van der Waals surface area (Å²) in [5.41, 5.74) is 13.5. The van der Waals surface area contributed by atoms with Gasteiger partial charge in [-0.2, -0.15) is 10.2 Å². The topological polar surface area (TPSA) is 245 Å². The normalized spacial score (nSPS) is 9.75. The number of fused-ring (bicyclic) bond motifs is 7. The van der Waals surface area contributed by atoms with Crippen molar-refractivity contribution in [1.29, 1.82) is 0 Å². The molecule has 20 heteroatoms. The molecule has 19 nitrogen and oxygen atoms in total. The highest BCUT2D eigenvalue weighted by Crippen LogP contribution is 2.35. The Balaban J connectivity index is 0.000000156. The third-order valence-electron chi connectivity index (χ3n) is 13.5. The van der Waals surface area contributed by atoms with Crippen LogP contribution in [0.15, 0.2) is 281 Å². The molecular formula is C80H79N19S. The summed E-state index contributed by atoms with van der Waals surface area (Å²) >= 11 is 1.89. The summed E-state index contributed by atoms with van der Waals surface area (Å²) in [6.45, 7) is 21.4. The van der Waals surface area contributed by atoms with E-state index in [4.69, 9.17) is 0 Å². The minimum absolute atomic E-state index is 0.759. The number of rotatable bonds is 0. The van der Waals surface area contributed by atoms with Crippen molar-refractivity contribution in [2.75, 3.05) is 0 Å². The van der Waals surface area contributed by atoms with Gasteiger partial charge in [0, 0.05) is 121 Å². The first kappa shape index (κ1) is 74.8. The Kier molecular flexibility index (Phi) is 31.5. The molecule has 0 bridgehead atoms. The molecule has 17 rings (SSSR count). The van der Waals surface area contributed by atoms with Crippen molar-refractivity contribution >= 4 is 75.3 Å². The van der Waals surface area contributed by atoms with Crippen molar-refractivity contribution in [3.05, 3.63) is 344 Å². The molecule has 11 aromatic heterocycles. The van der Waals surface area contributed by atoms with Gasteiger partial charge in [0.2, 0.25) is 0 Å². The van der Waals surface area contributed by atoms with Gasteiger partial charge in [0.05, 0.1) is 44.7 Å². The summed E-state index contributed by atoms with van der Waals surface area (Å²) in [6, 6.07) is 64.5. The number of para-hydroxylation sites is 5. The molecule has 0 aliphatic heterocycles. The molecule has 0 radical (unpaired) electrons. The second-order valence-electron chi connectivity index (χ2n) is 21.7. The van der Waals surface area contributed by atoms with Crippen LogP contribution in [0, 0.1) is 76.2 Å². The molecule has 0 saturated heterocycles. The summed E-state index contributed by atoms with van der Waals surface area (Å²) in [7, 11) is 0. The number of aryl methyl sites for hydroxylation is 11. The summed E-state index contributed by atoms with van der Waals surface area (Å²) in [4.78, 5) is 67.7. The number of nitrogens with zero attached hydrogens (tertiary/aromatic N) is 19. The molecule has 0 N–H and O–H groups in total. The molecular weight excluding hydrogens is 1260 g/mol. The molecule has 0 spiro atoms. The molecule has 0 aliphatic rings. The molecule has 0 saturated carbocycles. The van der Waals surface area contributed by atoms with E-state index >= 15 is 0 Å². The lowest BCUT2D eigenvalue weighted by atomic mass is 10.1. The molecule has 6 aromatic carbocycles. The highest BCUT2D eigenvalue weighted by Gasteiger charge is 2.05. The molecule has 0 atom stereocenters. The predicted molar refractivity (Wildman–Crippen MR) is 404 cm³/mol. The lowest BCUT2D eigenvalue weighted by molar-refractivity contribution is 0.974. The Bertz CT molecular complexity index is 4620. The van der Waals surface area contributed by atoms with E-state index in [1.807, 2.05) is 220 Å². The fourth-order valence-electron chi connectivity index (χ4n) is 8.54. The molecule has 17 aromatic rings. The van der Waals surface area contributed by atoms with Crippen molar-refractivity contribution in [3.8, 4) is 0 Å². The van der Waals surface area contributed by atoms with E-state index in [2.05, 4.69) is 156 Å². The molecule has 0 amide bonds. The highest BCUT2D eigenvalue weighted by atomic mass is 32.1. The number of aromatic nitrogens is 19. The average Bonchev–Trinajstić information content (AvgIpc) is 1.64. The van der Waals surface area contributed by atoms with Crippen LogP contribution in [0.3, 0.4) is 0 Å². The maximum Gasteiger partial charge on any atom is 0.128 e. The third kappa shape index (κ3) is 27.3. The number of hydrogen-bond acceptors (Lipinski definition) is 20. The van der Waals surface area contributed by atoms with Crippen molar-refractivity contribution in [2.45, 2.75) is 76.2 Å². The first-order valence-corrected chi connectivity index (χ1v) is 32.6. The second-order valence-corrected chi connectivity index (χ2v) is 22.7. The van der Waals surface area contributed by atoms with E-state index in [9.17, 15) is 0 Å². The van der Waals surface area contributed by atoms with Gasteiger partial charge in [0.25, 0.3) is 0 Å². The summed E-state index contributed by atoms with van der Waals surface area (Å²) in [5.74, 6) is 2.40. The van der Waals surface area contributed by atoms with Crippen LogP contribution in [-0.2, 0) is 0 Å². The van der Waals surface area contributed by atoms with Crippen molar-refractivity contribution in [2.24, 2.45) is 0 Å². The Labute approximate surface area is 587 Å². The van der Waals surface area contributed by atoms with Crippen molar-refractivity contribution in [1.82, 2.24) is 94.9 Å². The van der Waals surface area contributed by atoms with E-state index < -0.39 is 0 Å². The zero-order valence-electron chi connectivity index (χ0n) is 58.0. The van der Waals surface area contributed by atoms with Crippen LogP contribution in [0.5, 0.6) is 0 Å². The number of thiophene rings is 1. The molecule has 0 aliphatic carbocycles. The van der Waals surface area contributed by atoms with Crippen LogP contribution in [0.25, 0.3) is 63.9 Å². The summed E-state index contributed by atoms with van der Waals surface area (Å²) in [5, 5.41) is 13.6. The first-order valence-electron chi connectivity index (χ1n) is 31.8. The largest absolute Gasteiger partial charge is 0.262 e. The standard InChI is InChI=1S/C13H10S.C10H9N.3C9H8N2.C6H7N.4C5H6N2.C4H5N3/c1-9-5-4-7-11-10-6-2-3-8-12(10)14-13(9)11;1-8-6-7-9-4-2-3-5-10(9)11-8;1-7-8-4-2-3-5-9(8)11-6-10-7;1-7-10-6-8-4-2-3-5-9(8)11-7;1-7-6-10-8-4-2-3-5-9(8)11-7;1-6-4-2-3-5-7-6;1-5-4-6-2-3-7-5;1-5-2-3-6-4-7-5;1-5-6-3-2-4-7-5;1-5-3-2-4-6-7-5;1-4-6-2-5-3-7-4/h2-8H,1H3;2-7H,1H3;3*2-6H,1H3;2-5H,1H3;4*2-4H,1H3;2-3H,1H3. The molecule has 0 unspecified atom stereocenters. The number of pyridine rings is 2. The van der Waals surface area contributed by atoms with E-state index in [1.54, 1.807) is 68.2 Å². The minimum Gasteiger partial charge on any atom is -0.262 e. The highest BCUT2D eigenvalue weighted by molar-refractivity contribution is 7.26. The van der Waals surface area contributed by atoms with Gasteiger partial charge >= 0.3 is 0 Å². The quantitative estimate of drug-likeness (QED) is 0.137. The fourth-order valence-corrected chi connectivity index (χ4v) is 9.71. The lowest BCUT2D eigenvalue weighted by Crippen LogP contribution is -1.86. The third-order valence-corrected chi connectivity index (χ3v) is 14.8. The van der Waals surface area contributed by atoms with Crippen molar-refractivity contribution < 1.29 is 0 Å². The molecule has 100 heavy (non-hydrogen) atoms. The summed E-state index contributed by atoms with van der Waals surface area (Å²) in [6.07, 6.45) is 23.4. The number of benzene rings is 6. The second kappa shape index (κ2) is 42.1. The van der Waals surface area contributed by atoms with Crippen molar-refractivity contribution in [3.63, 3.8) is 0 Å². The van der Waals surface area contributed by atoms with Gasteiger partial charge in [0.15, 0.2) is 0 Å². The van der Waals surface area contributed by atoms with Gasteiger partial charge in [-0.25, -0.2) is 59.8 Å². The van der Waals surface area contributed by atoms with Gasteiger partial charge in [-0.3, -0.25) is 24.9 Å². The van der Waals surface area contributed by atoms with E-state index in [0.717, 1.165) is 95.7 Å². The van der Waals surface area contributed by atoms with Crippen LogP contribution >= 0.6 is 11.3 Å². The zero-order chi connectivity index (χ0) is 70.9. The van der Waals surface area contributed by atoms with Crippen LogP contribution < -0.4 is 0 Å². The van der Waals surface area contributed by atoms with Gasteiger partial charge in [0.1, 0.15) is 42.8 Å². The van der Waals surface area contributed by atoms with Crippen LogP contribution in [0.1, 0.15) is 62.9 Å². The fraction of sp³-hybridized carbons (Fsp3) is 0.138. The SMILES string of the molecule is Cc1ccc2ccccc2n1.Cc1cccc2c1sc1ccccc12.Cc1ccccn1.Cc1cccnn1.Cc1ccncn1.Cc1cnc2ccccc2n1.Cc1cnccn1.Cc1ncc2ccccc2n1.Cc1ncccn1.Cc1ncnc2ccccc12.Cc1ncncn1. The Hall–Kier alpha value is -12.6. The Morgan fingerprint density at radius 2 is 0.860 bits per heavy atom. The van der Waals surface area contributed by atoms with E-state index in [0.29, 0.717) is 0 Å². The van der Waals surface area contributed by atoms with Gasteiger partial charge < -0.3 is 0 Å². The molecule has 11 heterocycles. The Morgan fingerprint density at radius 1 is 0.260 bits per heavy atom. The van der Waals surface area contributed by atoms with E-state index in [1.165, 1.54) is 50.1 Å². The van der Waals surface area contributed by atoms with Crippen LogP contribution in [0.2, 0.25) is 0 Å². The van der Waals surface area contributed by atoms with Gasteiger partial charge in [-0.15, -0.1) is 11.3 Å². The monoisotopic (exact) mass is 1340 g/mol. The van der Waals surface area contributed by atoms with Gasteiger partial charge in [-0.05, 0) is 161 Å². The zero-order valence-corrected chi connectivity index (χ0v) is 58.8. The van der Waals surface area contributed by atoms with E-state index in [-0.39, 0.29) is 0 Å². The Morgan fingerprint density at radius 3 is 1.43 bits per heavy atom. The van der Waals surface area contributed by atoms with Gasteiger partial charge in [-0.1, -0.05) is 115 Å². The smallest absolute Gasteiger partial charge is 0.128 e. The maximum atomic E-state index is 4.38. The molecule has 500 valence electrons. The van der Waals surface area contributed by atoms with Crippen LogP contribution in [0.4, 0.5) is 0 Å². The van der Waals surface area contributed by atoms with Crippen LogP contribution in [-0.4, -0.2) is 94.9 Å². The lowest BCUT2D eigenvalue weighted by Gasteiger charge is -1.96. The number of hydrogen-bond donors (Lipinski definition) is 0. The molecule has 0 fully saturated rings. The minimum atomic E-state index is 0.759. The predicted octanol–water partition coefficient (Wildman–Crippen LogP) is 17.4.